The van der Waals surface area contributed by atoms with Crippen molar-refractivity contribution < 1.29 is 0 Å². The molecule has 3 aromatic rings. The number of aryl methyl sites for hydroxylation is 3. The van der Waals surface area contributed by atoms with E-state index in [9.17, 15) is 0 Å². The van der Waals surface area contributed by atoms with Crippen LogP contribution < -0.4 is 10.6 Å². The molecule has 1 aromatic carbocycles. The van der Waals surface area contributed by atoms with E-state index in [0.29, 0.717) is 12.5 Å². The fraction of sp³-hybridized carbons (Fsp3) is 0.211. The molecule has 0 aliphatic rings. The molecule has 3 rings (SSSR count). The summed E-state index contributed by atoms with van der Waals surface area (Å²) in [5.41, 5.74) is 5.46. The van der Waals surface area contributed by atoms with Crippen LogP contribution in [0.3, 0.4) is 0 Å². The third-order valence-corrected chi connectivity index (χ3v) is 3.72. The summed E-state index contributed by atoms with van der Waals surface area (Å²) in [4.78, 5) is 13.1. The van der Waals surface area contributed by atoms with Crippen LogP contribution in [0.4, 0.5) is 17.5 Å². The highest BCUT2D eigenvalue weighted by Gasteiger charge is 2.05. The number of anilines is 3. The van der Waals surface area contributed by atoms with Gasteiger partial charge in [0.25, 0.3) is 0 Å². The number of benzene rings is 1. The van der Waals surface area contributed by atoms with E-state index >= 15 is 0 Å². The first-order valence-corrected chi connectivity index (χ1v) is 7.93. The molecule has 0 saturated heterocycles. The first-order chi connectivity index (χ1) is 11.6. The molecule has 0 aliphatic carbocycles. The highest BCUT2D eigenvalue weighted by Crippen LogP contribution is 2.21. The van der Waals surface area contributed by atoms with Crippen molar-refractivity contribution in [1.29, 1.82) is 0 Å². The van der Waals surface area contributed by atoms with E-state index in [-0.39, 0.29) is 0 Å². The Morgan fingerprint density at radius 2 is 1.71 bits per heavy atom. The number of pyridine rings is 1. The third-order valence-electron chi connectivity index (χ3n) is 3.72. The van der Waals surface area contributed by atoms with Crippen LogP contribution in [-0.2, 0) is 6.54 Å². The molecule has 0 saturated carbocycles. The minimum absolute atomic E-state index is 0.598. The van der Waals surface area contributed by atoms with E-state index in [0.717, 1.165) is 28.3 Å². The lowest BCUT2D eigenvalue weighted by molar-refractivity contribution is 1.05. The molecule has 2 N–H and O–H groups in total. The molecule has 0 spiro atoms. The Morgan fingerprint density at radius 3 is 2.50 bits per heavy atom. The van der Waals surface area contributed by atoms with Gasteiger partial charge in [-0.1, -0.05) is 12.1 Å². The molecule has 0 aliphatic heterocycles. The van der Waals surface area contributed by atoms with E-state index in [4.69, 9.17) is 0 Å². The summed E-state index contributed by atoms with van der Waals surface area (Å²) in [5.74, 6) is 1.40. The summed E-state index contributed by atoms with van der Waals surface area (Å²) < 4.78 is 0. The second-order valence-electron chi connectivity index (χ2n) is 5.87. The molecule has 0 fully saturated rings. The van der Waals surface area contributed by atoms with Gasteiger partial charge in [-0.25, -0.2) is 4.98 Å². The van der Waals surface area contributed by atoms with Crippen molar-refractivity contribution in [2.45, 2.75) is 27.3 Å². The molecular weight excluding hydrogens is 298 g/mol. The lowest BCUT2D eigenvalue weighted by Crippen LogP contribution is -2.06. The minimum atomic E-state index is 0.598. The molecule has 2 heterocycles. The van der Waals surface area contributed by atoms with Crippen molar-refractivity contribution in [3.63, 3.8) is 0 Å². The summed E-state index contributed by atoms with van der Waals surface area (Å²) >= 11 is 0. The molecule has 122 valence electrons. The molecule has 0 amide bonds. The molecule has 0 unspecified atom stereocenters. The predicted molar refractivity (Wildman–Crippen MR) is 97.5 cm³/mol. The second-order valence-corrected chi connectivity index (χ2v) is 5.87. The first kappa shape index (κ1) is 15.9. The average Bonchev–Trinajstić information content (AvgIpc) is 2.57. The molecule has 0 atom stereocenters. The van der Waals surface area contributed by atoms with Gasteiger partial charge in [0.2, 0.25) is 5.95 Å². The number of nitrogens with one attached hydrogen (secondary N) is 2. The fourth-order valence-corrected chi connectivity index (χ4v) is 2.40. The van der Waals surface area contributed by atoms with Crippen molar-refractivity contribution >= 4 is 17.5 Å². The van der Waals surface area contributed by atoms with E-state index in [1.165, 1.54) is 5.56 Å². The number of hydrogen-bond donors (Lipinski definition) is 2. The molecule has 2 aromatic heterocycles. The Bertz CT molecular complexity index is 830. The molecule has 24 heavy (non-hydrogen) atoms. The maximum absolute atomic E-state index is 4.57. The Kier molecular flexibility index (Phi) is 4.70. The van der Waals surface area contributed by atoms with Crippen LogP contribution in [0.2, 0.25) is 0 Å². The van der Waals surface area contributed by atoms with Crippen LogP contribution in [0.1, 0.15) is 22.4 Å². The monoisotopic (exact) mass is 319 g/mol. The summed E-state index contributed by atoms with van der Waals surface area (Å²) in [7, 11) is 0. The fourth-order valence-electron chi connectivity index (χ4n) is 2.40. The van der Waals surface area contributed by atoms with Crippen LogP contribution in [-0.4, -0.2) is 15.0 Å². The van der Waals surface area contributed by atoms with Gasteiger partial charge in [-0.3, -0.25) is 4.98 Å². The summed E-state index contributed by atoms with van der Waals surface area (Å²) in [6.45, 7) is 6.80. The van der Waals surface area contributed by atoms with Crippen LogP contribution in [0.15, 0.2) is 48.8 Å². The van der Waals surface area contributed by atoms with Gasteiger partial charge in [-0.05, 0) is 55.7 Å². The maximum Gasteiger partial charge on any atom is 0.229 e. The zero-order valence-corrected chi connectivity index (χ0v) is 14.2. The van der Waals surface area contributed by atoms with Gasteiger partial charge >= 0.3 is 0 Å². The lowest BCUT2D eigenvalue weighted by Gasteiger charge is -2.12. The van der Waals surface area contributed by atoms with Gasteiger partial charge in [-0.15, -0.1) is 0 Å². The zero-order valence-electron chi connectivity index (χ0n) is 14.2. The Balaban J connectivity index is 1.77. The number of aromatic nitrogens is 3. The smallest absolute Gasteiger partial charge is 0.229 e. The van der Waals surface area contributed by atoms with Gasteiger partial charge in [0.05, 0.1) is 0 Å². The van der Waals surface area contributed by atoms with Gasteiger partial charge in [-0.2, -0.15) is 4.98 Å². The SMILES string of the molecule is Cc1ccc(C)c(Nc2nc(C)cc(NCc3ccncc3)n2)c1. The quantitative estimate of drug-likeness (QED) is 0.739. The average molecular weight is 319 g/mol. The largest absolute Gasteiger partial charge is 0.366 e. The number of rotatable bonds is 5. The van der Waals surface area contributed by atoms with Crippen molar-refractivity contribution in [3.05, 3.63) is 71.2 Å². The maximum atomic E-state index is 4.57. The minimum Gasteiger partial charge on any atom is -0.366 e. The summed E-state index contributed by atoms with van der Waals surface area (Å²) in [6.07, 6.45) is 3.57. The van der Waals surface area contributed by atoms with E-state index in [1.54, 1.807) is 12.4 Å². The van der Waals surface area contributed by atoms with Crippen LogP contribution in [0.5, 0.6) is 0 Å². The summed E-state index contributed by atoms with van der Waals surface area (Å²) in [6, 6.07) is 12.2. The second kappa shape index (κ2) is 7.08. The molecule has 5 nitrogen and oxygen atoms in total. The Morgan fingerprint density at radius 1 is 0.917 bits per heavy atom. The van der Waals surface area contributed by atoms with Crippen molar-refractivity contribution in [2.24, 2.45) is 0 Å². The summed E-state index contributed by atoms with van der Waals surface area (Å²) in [5, 5.41) is 6.66. The van der Waals surface area contributed by atoms with Crippen molar-refractivity contribution in [2.75, 3.05) is 10.6 Å². The van der Waals surface area contributed by atoms with Gasteiger partial charge in [0.1, 0.15) is 5.82 Å². The highest BCUT2D eigenvalue weighted by molar-refractivity contribution is 5.60. The standard InChI is InChI=1S/C19H21N5/c1-13-4-5-14(2)17(10-13)23-19-22-15(3)11-18(24-19)21-12-16-6-8-20-9-7-16/h4-11H,12H2,1-3H3,(H2,21,22,23,24). The van der Waals surface area contributed by atoms with Crippen LogP contribution in [0, 0.1) is 20.8 Å². The number of nitrogens with zero attached hydrogens (tertiary/aromatic N) is 3. The normalized spacial score (nSPS) is 10.5. The molecular formula is C19H21N5. The number of hydrogen-bond acceptors (Lipinski definition) is 5. The lowest BCUT2D eigenvalue weighted by atomic mass is 10.1. The van der Waals surface area contributed by atoms with Crippen LogP contribution in [0.25, 0.3) is 0 Å². The molecule has 0 bridgehead atoms. The van der Waals surface area contributed by atoms with Crippen LogP contribution >= 0.6 is 0 Å². The van der Waals surface area contributed by atoms with Gasteiger partial charge < -0.3 is 10.6 Å². The van der Waals surface area contributed by atoms with E-state index in [1.807, 2.05) is 25.1 Å². The Labute approximate surface area is 142 Å². The third kappa shape index (κ3) is 4.07. The van der Waals surface area contributed by atoms with Gasteiger partial charge in [0.15, 0.2) is 0 Å². The predicted octanol–water partition coefficient (Wildman–Crippen LogP) is 4.15. The van der Waals surface area contributed by atoms with Crippen molar-refractivity contribution in [3.8, 4) is 0 Å². The van der Waals surface area contributed by atoms with E-state index < -0.39 is 0 Å². The molecule has 0 radical (unpaired) electrons. The van der Waals surface area contributed by atoms with Crippen molar-refractivity contribution in [1.82, 2.24) is 15.0 Å². The Hall–Kier alpha value is -2.95. The van der Waals surface area contributed by atoms with Gasteiger partial charge in [0, 0.05) is 36.4 Å². The first-order valence-electron chi connectivity index (χ1n) is 7.93. The topological polar surface area (TPSA) is 62.7 Å². The van der Waals surface area contributed by atoms with E-state index in [2.05, 4.69) is 57.6 Å². The zero-order chi connectivity index (χ0) is 16.9. The highest BCUT2D eigenvalue weighted by atomic mass is 15.1. The molecule has 5 heteroatoms.